The fourth-order valence-electron chi connectivity index (χ4n) is 2.03. The molecule has 3 nitrogen and oxygen atoms in total. The third-order valence-corrected chi connectivity index (χ3v) is 5.12. The number of anilines is 1. The number of likely N-dealkylation sites (tertiary alicyclic amines) is 1. The van der Waals surface area contributed by atoms with Crippen LogP contribution in [0.1, 0.15) is 19.8 Å². The summed E-state index contributed by atoms with van der Waals surface area (Å²) in [5.74, 6) is 0.690. The van der Waals surface area contributed by atoms with Crippen molar-refractivity contribution in [2.24, 2.45) is 5.92 Å². The predicted molar refractivity (Wildman–Crippen MR) is 83.2 cm³/mol. The van der Waals surface area contributed by atoms with Crippen LogP contribution in [0, 0.1) is 5.92 Å². The van der Waals surface area contributed by atoms with Crippen molar-refractivity contribution < 1.29 is 4.79 Å². The first-order chi connectivity index (χ1) is 8.99. The van der Waals surface area contributed by atoms with Crippen molar-refractivity contribution in [2.75, 3.05) is 18.4 Å². The molecule has 19 heavy (non-hydrogen) atoms. The summed E-state index contributed by atoms with van der Waals surface area (Å²) in [4.78, 5) is 13.9. The molecule has 0 bridgehead atoms. The molecule has 1 aliphatic rings. The Hall–Kier alpha value is -0.450. The normalized spacial score (nSPS) is 16.5. The van der Waals surface area contributed by atoms with Crippen LogP contribution < -0.4 is 5.32 Å². The van der Waals surface area contributed by atoms with Gasteiger partial charge in [-0.15, -0.1) is 0 Å². The van der Waals surface area contributed by atoms with E-state index in [4.69, 9.17) is 23.2 Å². The van der Waals surface area contributed by atoms with Gasteiger partial charge in [-0.3, -0.25) is 0 Å². The Morgan fingerprint density at radius 2 is 1.95 bits per heavy atom. The van der Waals surface area contributed by atoms with E-state index in [0.29, 0.717) is 26.1 Å². The van der Waals surface area contributed by atoms with Crippen molar-refractivity contribution in [1.29, 1.82) is 0 Å². The smallest absolute Gasteiger partial charge is 0.321 e. The number of halogens is 3. The Kier molecular flexibility index (Phi) is 4.98. The molecule has 0 saturated carbocycles. The Balaban J connectivity index is 2.05. The largest absolute Gasteiger partial charge is 0.325 e. The van der Waals surface area contributed by atoms with Crippen LogP contribution in [0.3, 0.4) is 0 Å². The zero-order valence-corrected chi connectivity index (χ0v) is 13.6. The van der Waals surface area contributed by atoms with E-state index in [0.717, 1.165) is 25.9 Å². The summed E-state index contributed by atoms with van der Waals surface area (Å²) >= 11 is 15.4. The Labute approximate surface area is 131 Å². The van der Waals surface area contributed by atoms with Gasteiger partial charge in [-0.1, -0.05) is 30.1 Å². The van der Waals surface area contributed by atoms with Gasteiger partial charge in [-0.25, -0.2) is 4.79 Å². The van der Waals surface area contributed by atoms with E-state index >= 15 is 0 Å². The van der Waals surface area contributed by atoms with E-state index in [1.807, 2.05) is 4.90 Å². The molecule has 0 radical (unpaired) electrons. The van der Waals surface area contributed by atoms with Crippen molar-refractivity contribution in [2.45, 2.75) is 19.8 Å². The maximum atomic E-state index is 12.1. The van der Waals surface area contributed by atoms with E-state index in [1.165, 1.54) is 0 Å². The molecule has 104 valence electrons. The number of hydrogen-bond donors (Lipinski definition) is 1. The summed E-state index contributed by atoms with van der Waals surface area (Å²) in [7, 11) is 0. The van der Waals surface area contributed by atoms with Gasteiger partial charge in [0.1, 0.15) is 0 Å². The number of nitrogens with one attached hydrogen (secondary N) is 1. The van der Waals surface area contributed by atoms with Crippen LogP contribution in [0.4, 0.5) is 10.5 Å². The number of urea groups is 1. The lowest BCUT2D eigenvalue weighted by Crippen LogP contribution is -2.40. The second-order valence-electron chi connectivity index (χ2n) is 4.82. The van der Waals surface area contributed by atoms with Gasteiger partial charge in [0.25, 0.3) is 0 Å². The lowest BCUT2D eigenvalue weighted by molar-refractivity contribution is 0.186. The summed E-state index contributed by atoms with van der Waals surface area (Å²) in [5, 5.41) is 3.58. The molecular weight excluding hydrogens is 351 g/mol. The van der Waals surface area contributed by atoms with Gasteiger partial charge < -0.3 is 10.2 Å². The minimum atomic E-state index is -0.118. The number of benzene rings is 1. The number of piperidine rings is 1. The molecule has 0 atom stereocenters. The minimum absolute atomic E-state index is 0.118. The third-order valence-electron chi connectivity index (χ3n) is 3.35. The van der Waals surface area contributed by atoms with Gasteiger partial charge in [0.15, 0.2) is 0 Å². The number of carbonyl (C=O) groups excluding carboxylic acids is 1. The molecule has 1 aliphatic heterocycles. The van der Waals surface area contributed by atoms with Gasteiger partial charge >= 0.3 is 6.03 Å². The van der Waals surface area contributed by atoms with E-state index in [-0.39, 0.29) is 6.03 Å². The maximum Gasteiger partial charge on any atom is 0.321 e. The van der Waals surface area contributed by atoms with Gasteiger partial charge in [0.05, 0.1) is 15.7 Å². The quantitative estimate of drug-likeness (QED) is 0.696. The Bertz CT molecular complexity index is 488. The first kappa shape index (κ1) is 14.9. The first-order valence-corrected chi connectivity index (χ1v) is 7.73. The van der Waals surface area contributed by atoms with Gasteiger partial charge in [-0.05, 0) is 46.8 Å². The average molecular weight is 366 g/mol. The van der Waals surface area contributed by atoms with Crippen molar-refractivity contribution in [3.05, 3.63) is 26.7 Å². The standard InChI is InChI=1S/C13H15BrCl2N2O/c1-8-4-6-18(7-5-8)13(19)17-10-3-2-9(14)11(15)12(10)16/h2-3,8H,4-7H2,1H3,(H,17,19). The summed E-state index contributed by atoms with van der Waals surface area (Å²) in [6.07, 6.45) is 2.09. The predicted octanol–water partition coefficient (Wildman–Crippen LogP) is 5.02. The van der Waals surface area contributed by atoms with Crippen molar-refractivity contribution in [3.8, 4) is 0 Å². The molecular formula is C13H15BrCl2N2O. The van der Waals surface area contributed by atoms with Crippen LogP contribution >= 0.6 is 39.1 Å². The Morgan fingerprint density at radius 3 is 2.58 bits per heavy atom. The van der Waals surface area contributed by atoms with Gasteiger partial charge in [-0.2, -0.15) is 0 Å². The molecule has 6 heteroatoms. The van der Waals surface area contributed by atoms with Crippen LogP contribution in [0.5, 0.6) is 0 Å². The lowest BCUT2D eigenvalue weighted by atomic mass is 10.00. The number of hydrogen-bond acceptors (Lipinski definition) is 1. The maximum absolute atomic E-state index is 12.1. The highest BCUT2D eigenvalue weighted by Gasteiger charge is 2.21. The summed E-state index contributed by atoms with van der Waals surface area (Å²) in [5.41, 5.74) is 0.540. The fourth-order valence-corrected chi connectivity index (χ4v) is 2.85. The molecule has 2 rings (SSSR count). The van der Waals surface area contributed by atoms with Crippen LogP contribution in [-0.2, 0) is 0 Å². The number of nitrogens with zero attached hydrogens (tertiary/aromatic N) is 1. The first-order valence-electron chi connectivity index (χ1n) is 6.18. The summed E-state index contributed by atoms with van der Waals surface area (Å²) in [6.45, 7) is 3.78. The fraction of sp³-hybridized carbons (Fsp3) is 0.462. The molecule has 1 heterocycles. The highest BCUT2D eigenvalue weighted by Crippen LogP contribution is 2.36. The van der Waals surface area contributed by atoms with Crippen molar-refractivity contribution in [1.82, 2.24) is 4.90 Å². The van der Waals surface area contributed by atoms with Crippen LogP contribution in [-0.4, -0.2) is 24.0 Å². The molecule has 0 aliphatic carbocycles. The number of carbonyl (C=O) groups is 1. The second kappa shape index (κ2) is 6.33. The molecule has 1 fully saturated rings. The topological polar surface area (TPSA) is 32.3 Å². The molecule has 1 aromatic carbocycles. The monoisotopic (exact) mass is 364 g/mol. The van der Waals surface area contributed by atoms with E-state index in [9.17, 15) is 4.79 Å². The lowest BCUT2D eigenvalue weighted by Gasteiger charge is -2.30. The molecule has 1 saturated heterocycles. The van der Waals surface area contributed by atoms with Crippen molar-refractivity contribution in [3.63, 3.8) is 0 Å². The molecule has 1 N–H and O–H groups in total. The Morgan fingerprint density at radius 1 is 1.32 bits per heavy atom. The van der Waals surface area contributed by atoms with E-state index in [1.54, 1.807) is 12.1 Å². The number of rotatable bonds is 1. The van der Waals surface area contributed by atoms with E-state index < -0.39 is 0 Å². The molecule has 0 unspecified atom stereocenters. The third kappa shape index (κ3) is 3.56. The molecule has 1 aromatic rings. The summed E-state index contributed by atoms with van der Waals surface area (Å²) in [6, 6.07) is 3.39. The zero-order chi connectivity index (χ0) is 14.0. The van der Waals surface area contributed by atoms with Crippen LogP contribution in [0.25, 0.3) is 0 Å². The highest BCUT2D eigenvalue weighted by molar-refractivity contribution is 9.10. The second-order valence-corrected chi connectivity index (χ2v) is 6.43. The van der Waals surface area contributed by atoms with Gasteiger partial charge in [0, 0.05) is 17.6 Å². The van der Waals surface area contributed by atoms with Crippen LogP contribution in [0.2, 0.25) is 10.0 Å². The highest BCUT2D eigenvalue weighted by atomic mass is 79.9. The van der Waals surface area contributed by atoms with Gasteiger partial charge in [0.2, 0.25) is 0 Å². The van der Waals surface area contributed by atoms with E-state index in [2.05, 4.69) is 28.2 Å². The van der Waals surface area contributed by atoms with Crippen LogP contribution in [0.15, 0.2) is 16.6 Å². The zero-order valence-electron chi connectivity index (χ0n) is 10.5. The molecule has 0 spiro atoms. The SMILES string of the molecule is CC1CCN(C(=O)Nc2ccc(Br)c(Cl)c2Cl)CC1. The summed E-state index contributed by atoms with van der Waals surface area (Å²) < 4.78 is 0.712. The minimum Gasteiger partial charge on any atom is -0.325 e. The number of amides is 2. The molecule has 2 amide bonds. The van der Waals surface area contributed by atoms with Crippen molar-refractivity contribution >= 4 is 50.9 Å². The molecule has 0 aromatic heterocycles. The average Bonchev–Trinajstić information content (AvgIpc) is 2.40.